The second kappa shape index (κ2) is 24.5. The quantitative estimate of drug-likeness (QED) is 0.0623. The molecule has 12 nitrogen and oxygen atoms in total. The Kier molecular flexibility index (Phi) is 17.9. The molecule has 0 bridgehead atoms. The first-order valence-electron chi connectivity index (χ1n) is 20.3. The van der Waals surface area contributed by atoms with Crippen LogP contribution in [0, 0.1) is 0 Å². The molecule has 308 valence electrons. The van der Waals surface area contributed by atoms with E-state index in [0.29, 0.717) is 17.0 Å². The van der Waals surface area contributed by atoms with Crippen molar-refractivity contribution < 1.29 is 9.47 Å². The third-order valence-corrected chi connectivity index (χ3v) is 9.78. The smallest absolute Gasteiger partial charge is 0.229 e. The third-order valence-electron chi connectivity index (χ3n) is 9.57. The number of nitrogens with two attached hydrogens (primary N) is 1. The Morgan fingerprint density at radius 3 is 1.58 bits per heavy atom. The SMILES string of the molecule is Clc1ccnc(Nc2cccc(-c3ccccc3)c2)n1.NCCCN1CCOCC1.c1ccc(-c2cccc(Nc3nccc(NCCCN4CCOCC4)n3)c2)cc1. The minimum Gasteiger partial charge on any atom is -0.379 e. The van der Waals surface area contributed by atoms with E-state index in [9.17, 15) is 0 Å². The summed E-state index contributed by atoms with van der Waals surface area (Å²) >= 11 is 5.85. The zero-order valence-corrected chi connectivity index (χ0v) is 34.3. The van der Waals surface area contributed by atoms with Gasteiger partial charge in [0.1, 0.15) is 11.0 Å². The molecule has 0 unspecified atom stereocenters. The van der Waals surface area contributed by atoms with E-state index in [4.69, 9.17) is 26.8 Å². The molecule has 13 heteroatoms. The number of hydrogen-bond acceptors (Lipinski definition) is 12. The Morgan fingerprint density at radius 2 is 1.05 bits per heavy atom. The van der Waals surface area contributed by atoms with Crippen molar-refractivity contribution in [1.29, 1.82) is 0 Å². The molecule has 6 aromatic rings. The highest BCUT2D eigenvalue weighted by Crippen LogP contribution is 2.25. The largest absolute Gasteiger partial charge is 0.379 e. The number of morpholine rings is 2. The van der Waals surface area contributed by atoms with Crippen molar-refractivity contribution in [3.05, 3.63) is 139 Å². The highest BCUT2D eigenvalue weighted by Gasteiger charge is 2.10. The molecule has 2 aromatic heterocycles. The number of benzene rings is 4. The molecule has 2 saturated heterocycles. The molecule has 0 radical (unpaired) electrons. The molecule has 0 amide bonds. The van der Waals surface area contributed by atoms with Crippen molar-refractivity contribution in [2.24, 2.45) is 5.73 Å². The molecule has 2 aliphatic rings. The highest BCUT2D eigenvalue weighted by molar-refractivity contribution is 6.29. The Labute approximate surface area is 353 Å². The molecule has 4 aromatic carbocycles. The number of nitrogens with one attached hydrogen (secondary N) is 3. The maximum absolute atomic E-state index is 5.85. The van der Waals surface area contributed by atoms with Gasteiger partial charge in [-0.3, -0.25) is 9.80 Å². The van der Waals surface area contributed by atoms with Crippen LogP contribution in [0.25, 0.3) is 22.3 Å². The van der Waals surface area contributed by atoms with Crippen molar-refractivity contribution in [2.45, 2.75) is 12.8 Å². The minimum absolute atomic E-state index is 0.418. The molecule has 0 saturated carbocycles. The van der Waals surface area contributed by atoms with Crippen molar-refractivity contribution in [1.82, 2.24) is 29.7 Å². The number of halogens is 1. The summed E-state index contributed by atoms with van der Waals surface area (Å²) in [5.41, 5.74) is 11.9. The van der Waals surface area contributed by atoms with Gasteiger partial charge in [-0.15, -0.1) is 0 Å². The zero-order chi connectivity index (χ0) is 40.7. The fourth-order valence-electron chi connectivity index (χ4n) is 6.47. The number of rotatable bonds is 14. The van der Waals surface area contributed by atoms with Gasteiger partial charge in [0.05, 0.1) is 26.4 Å². The lowest BCUT2D eigenvalue weighted by molar-refractivity contribution is 0.0377. The van der Waals surface area contributed by atoms with Crippen LogP contribution in [0.2, 0.25) is 5.15 Å². The first-order valence-corrected chi connectivity index (χ1v) is 20.7. The van der Waals surface area contributed by atoms with Crippen LogP contribution in [0.4, 0.5) is 29.1 Å². The third kappa shape index (κ3) is 15.3. The minimum atomic E-state index is 0.418. The number of nitrogens with zero attached hydrogens (tertiary/aromatic N) is 6. The van der Waals surface area contributed by atoms with Crippen molar-refractivity contribution in [2.75, 3.05) is 94.7 Å². The van der Waals surface area contributed by atoms with Crippen LogP contribution < -0.4 is 21.7 Å². The van der Waals surface area contributed by atoms with E-state index in [1.807, 2.05) is 66.7 Å². The molecule has 8 rings (SSSR count). The summed E-state index contributed by atoms with van der Waals surface area (Å²) in [4.78, 5) is 22.0. The number of ether oxygens (including phenoxy) is 2. The molecule has 2 aliphatic heterocycles. The van der Waals surface area contributed by atoms with Crippen LogP contribution in [0.1, 0.15) is 12.8 Å². The average molecular weight is 815 g/mol. The summed E-state index contributed by atoms with van der Waals surface area (Å²) in [7, 11) is 0. The average Bonchev–Trinajstić information content (AvgIpc) is 3.29. The van der Waals surface area contributed by atoms with E-state index in [2.05, 4.69) is 94.2 Å². The first-order chi connectivity index (χ1) is 29.1. The lowest BCUT2D eigenvalue weighted by atomic mass is 10.1. The number of aromatic nitrogens is 4. The maximum Gasteiger partial charge on any atom is 0.229 e. The van der Waals surface area contributed by atoms with Crippen molar-refractivity contribution in [3.63, 3.8) is 0 Å². The molecule has 0 aliphatic carbocycles. The van der Waals surface area contributed by atoms with Gasteiger partial charge in [-0.25, -0.2) is 15.0 Å². The van der Waals surface area contributed by atoms with Gasteiger partial charge in [-0.2, -0.15) is 4.98 Å². The van der Waals surface area contributed by atoms with Gasteiger partial charge in [-0.1, -0.05) is 96.5 Å². The molecule has 59 heavy (non-hydrogen) atoms. The van der Waals surface area contributed by atoms with Gasteiger partial charge in [-0.05, 0) is 91.1 Å². The topological polar surface area (TPSA) is 139 Å². The molecule has 0 atom stereocenters. The summed E-state index contributed by atoms with van der Waals surface area (Å²) in [5.74, 6) is 1.92. The summed E-state index contributed by atoms with van der Waals surface area (Å²) in [6, 6.07) is 40.5. The Morgan fingerprint density at radius 1 is 0.559 bits per heavy atom. The molecule has 2 fully saturated rings. The van der Waals surface area contributed by atoms with E-state index >= 15 is 0 Å². The monoisotopic (exact) mass is 814 g/mol. The van der Waals surface area contributed by atoms with E-state index in [1.54, 1.807) is 18.5 Å². The van der Waals surface area contributed by atoms with Crippen molar-refractivity contribution in [3.8, 4) is 22.3 Å². The summed E-state index contributed by atoms with van der Waals surface area (Å²) in [6.07, 6.45) is 5.59. The summed E-state index contributed by atoms with van der Waals surface area (Å²) < 4.78 is 10.6. The van der Waals surface area contributed by atoms with Crippen LogP contribution in [0.5, 0.6) is 0 Å². The van der Waals surface area contributed by atoms with Crippen LogP contribution in [-0.4, -0.2) is 109 Å². The van der Waals surface area contributed by atoms with E-state index in [-0.39, 0.29) is 0 Å². The lowest BCUT2D eigenvalue weighted by Crippen LogP contribution is -2.37. The Balaban J connectivity index is 0.000000168. The van der Waals surface area contributed by atoms with Gasteiger partial charge < -0.3 is 31.2 Å². The predicted octanol–water partition coefficient (Wildman–Crippen LogP) is 8.23. The van der Waals surface area contributed by atoms with Crippen LogP contribution in [0.3, 0.4) is 0 Å². The predicted molar refractivity (Wildman–Crippen MR) is 241 cm³/mol. The van der Waals surface area contributed by atoms with Crippen molar-refractivity contribution >= 4 is 40.7 Å². The highest BCUT2D eigenvalue weighted by atomic mass is 35.5. The summed E-state index contributed by atoms with van der Waals surface area (Å²) in [5, 5.41) is 10.3. The number of anilines is 5. The molecular formula is C46H55ClN10O2. The first kappa shape index (κ1) is 43.1. The van der Waals surface area contributed by atoms with Gasteiger partial charge in [0.25, 0.3) is 0 Å². The second-order valence-corrected chi connectivity index (χ2v) is 14.3. The number of hydrogen-bond donors (Lipinski definition) is 4. The van der Waals surface area contributed by atoms with Gasteiger partial charge in [0.2, 0.25) is 11.9 Å². The molecule has 0 spiro atoms. The molecule has 4 heterocycles. The van der Waals surface area contributed by atoms with Gasteiger partial charge >= 0.3 is 0 Å². The second-order valence-electron chi connectivity index (χ2n) is 13.9. The van der Waals surface area contributed by atoms with E-state index < -0.39 is 0 Å². The Hall–Kier alpha value is -5.47. The normalized spacial score (nSPS) is 14.2. The fourth-order valence-corrected chi connectivity index (χ4v) is 6.61. The van der Waals surface area contributed by atoms with E-state index in [1.165, 1.54) is 11.1 Å². The lowest BCUT2D eigenvalue weighted by Gasteiger charge is -2.26. The molecular weight excluding hydrogens is 760 g/mol. The summed E-state index contributed by atoms with van der Waals surface area (Å²) in [6.45, 7) is 11.6. The van der Waals surface area contributed by atoms with Gasteiger partial charge in [0.15, 0.2) is 0 Å². The fraction of sp³-hybridized carbons (Fsp3) is 0.304. The Bertz CT molecular complexity index is 2080. The van der Waals surface area contributed by atoms with Crippen LogP contribution >= 0.6 is 11.6 Å². The maximum atomic E-state index is 5.85. The standard InChI is InChI=1S/C23H27N5O.C16H12ClN3.C7H16N2O/c1-2-6-19(7-3-1)20-8-4-9-21(18-20)26-23-25-12-10-22(27-23)24-11-5-13-28-14-16-29-17-15-28;17-15-9-10-18-16(20-15)19-14-8-4-7-13(11-14)12-5-2-1-3-6-12;8-2-1-3-9-4-6-10-7-5-9/h1-4,6-10,12,18H,5,11,13-17H2,(H2,24,25,26,27);1-11H,(H,18,19,20);1-8H2. The van der Waals surface area contributed by atoms with Gasteiger partial charge in [0, 0.05) is 56.5 Å². The van der Waals surface area contributed by atoms with Crippen LogP contribution in [-0.2, 0) is 9.47 Å². The zero-order valence-electron chi connectivity index (χ0n) is 33.6. The molecule has 5 N–H and O–H groups in total. The van der Waals surface area contributed by atoms with E-state index in [0.717, 1.165) is 120 Å². The van der Waals surface area contributed by atoms with Crippen LogP contribution in [0.15, 0.2) is 134 Å².